The molecule has 0 bridgehead atoms. The summed E-state index contributed by atoms with van der Waals surface area (Å²) in [6.07, 6.45) is 8.77. The van der Waals surface area contributed by atoms with Gasteiger partial charge in [-0.05, 0) is 112 Å². The van der Waals surface area contributed by atoms with Gasteiger partial charge in [-0.15, -0.1) is 0 Å². The van der Waals surface area contributed by atoms with Gasteiger partial charge < -0.3 is 36.1 Å². The van der Waals surface area contributed by atoms with Gasteiger partial charge in [-0.2, -0.15) is 0 Å². The van der Waals surface area contributed by atoms with E-state index in [9.17, 15) is 14.4 Å². The summed E-state index contributed by atoms with van der Waals surface area (Å²) >= 11 is 0. The smallest absolute Gasteiger partial charge is 1.00 e. The standard InChI is InChI=1S/C13H23NO4.C12H23NO3.C4H8O.Al.Li.4H/c1-13(2,3)18-12(16)14-10-7-5-9(6-8-10)11(15)17-4;1-12(2,3)16-11(15)13-10-6-4-9(8-14)5-7-10;1-2-4-5-3-1;;;;;;/h9-10H,5-8H2,1-4H3,(H,14,16);9-10,14H,4-8H2,1-3H3,(H,13,15);1-4H2;;;;;;/q;;;;+1;;;;-1. The van der Waals surface area contributed by atoms with Crippen molar-refractivity contribution in [1.82, 2.24) is 10.6 Å². The van der Waals surface area contributed by atoms with E-state index in [0.29, 0.717) is 5.92 Å². The molecule has 41 heavy (non-hydrogen) atoms. The molecule has 1 aliphatic heterocycles. The second kappa shape index (κ2) is 21.7. The van der Waals surface area contributed by atoms with Crippen LogP contribution in [0.5, 0.6) is 0 Å². The molecule has 2 amide bonds. The molecular formula is C29H58AlLiN2O8. The third-order valence-electron chi connectivity index (χ3n) is 6.64. The van der Waals surface area contributed by atoms with Crippen molar-refractivity contribution in [2.75, 3.05) is 26.9 Å². The molecule has 3 N–H and O–H groups in total. The summed E-state index contributed by atoms with van der Waals surface area (Å²) in [6, 6.07) is 0.304. The van der Waals surface area contributed by atoms with Gasteiger partial charge in [0.15, 0.2) is 17.4 Å². The van der Waals surface area contributed by atoms with Crippen molar-refractivity contribution < 1.29 is 58.7 Å². The number of aliphatic hydroxyl groups is 1. The SMILES string of the molecule is C1CCOC1.CC(C)(C)OC(=O)NC1CCC(CO)CC1.COC(=O)C1CCC(NC(=O)OC(C)(C)C)CC1.[AlH3].[H-].[Li+]. The molecule has 0 unspecified atom stereocenters. The van der Waals surface area contributed by atoms with Gasteiger partial charge in [-0.25, -0.2) is 9.59 Å². The van der Waals surface area contributed by atoms with Crippen LogP contribution >= 0.6 is 0 Å². The maximum absolute atomic E-state index is 11.6. The number of ether oxygens (including phenoxy) is 4. The fourth-order valence-electron chi connectivity index (χ4n) is 4.59. The second-order valence-electron chi connectivity index (χ2n) is 12.6. The van der Waals surface area contributed by atoms with Crippen LogP contribution in [-0.2, 0) is 23.7 Å². The Balaban J connectivity index is -0.000000585. The number of esters is 1. The van der Waals surface area contributed by atoms with Gasteiger partial charge in [0.05, 0.1) is 13.0 Å². The fraction of sp³-hybridized carbons (Fsp3) is 0.897. The Labute approximate surface area is 271 Å². The third-order valence-corrected chi connectivity index (χ3v) is 6.64. The van der Waals surface area contributed by atoms with Crippen molar-refractivity contribution in [3.8, 4) is 0 Å². The van der Waals surface area contributed by atoms with Gasteiger partial charge in [0.2, 0.25) is 0 Å². The number of amides is 2. The molecule has 0 radical (unpaired) electrons. The number of rotatable bonds is 4. The van der Waals surface area contributed by atoms with Crippen molar-refractivity contribution in [1.29, 1.82) is 0 Å². The summed E-state index contributed by atoms with van der Waals surface area (Å²) in [5.74, 6) is 0.245. The largest absolute Gasteiger partial charge is 1.00 e. The van der Waals surface area contributed by atoms with Crippen molar-refractivity contribution in [2.24, 2.45) is 11.8 Å². The molecule has 12 heteroatoms. The van der Waals surface area contributed by atoms with Crippen LogP contribution in [0.15, 0.2) is 0 Å². The fourth-order valence-corrected chi connectivity index (χ4v) is 4.59. The maximum atomic E-state index is 11.6. The first-order chi connectivity index (χ1) is 18.2. The molecule has 3 fully saturated rings. The average Bonchev–Trinajstić information content (AvgIpc) is 3.43. The van der Waals surface area contributed by atoms with Crippen LogP contribution in [0.2, 0.25) is 0 Å². The van der Waals surface area contributed by atoms with Gasteiger partial charge in [-0.3, -0.25) is 4.79 Å². The molecule has 2 aliphatic carbocycles. The molecule has 0 aromatic carbocycles. The number of aliphatic hydroxyl groups excluding tert-OH is 1. The zero-order chi connectivity index (χ0) is 29.5. The summed E-state index contributed by atoms with van der Waals surface area (Å²) in [4.78, 5) is 34.4. The van der Waals surface area contributed by atoms with Crippen molar-refractivity contribution >= 4 is 35.5 Å². The Bertz CT molecular complexity index is 725. The molecule has 3 rings (SSSR count). The molecule has 0 atom stereocenters. The Morgan fingerprint density at radius 2 is 1.17 bits per heavy atom. The zero-order valence-electron chi connectivity index (χ0n) is 27.3. The predicted octanol–water partition coefficient (Wildman–Crippen LogP) is 1.03. The van der Waals surface area contributed by atoms with E-state index >= 15 is 0 Å². The van der Waals surface area contributed by atoms with Crippen molar-refractivity contribution in [3.63, 3.8) is 0 Å². The summed E-state index contributed by atoms with van der Waals surface area (Å²) < 4.78 is 20.1. The number of methoxy groups -OCH3 is 1. The van der Waals surface area contributed by atoms with Crippen LogP contribution in [0.3, 0.4) is 0 Å². The maximum Gasteiger partial charge on any atom is 1.00 e. The van der Waals surface area contributed by atoms with Gasteiger partial charge in [0, 0.05) is 31.9 Å². The molecule has 0 aromatic rings. The minimum Gasteiger partial charge on any atom is -1.00 e. The topological polar surface area (TPSA) is 132 Å². The molecule has 10 nitrogen and oxygen atoms in total. The molecule has 3 aliphatic rings. The predicted molar refractivity (Wildman–Crippen MR) is 160 cm³/mol. The Hall–Kier alpha value is -0.940. The van der Waals surface area contributed by atoms with Crippen molar-refractivity contribution in [3.05, 3.63) is 0 Å². The summed E-state index contributed by atoms with van der Waals surface area (Å²) in [7, 11) is 1.41. The van der Waals surface area contributed by atoms with Gasteiger partial charge in [0.1, 0.15) is 11.2 Å². The molecule has 0 aromatic heterocycles. The molecule has 2 saturated carbocycles. The van der Waals surface area contributed by atoms with Crippen LogP contribution in [0, 0.1) is 11.8 Å². The summed E-state index contributed by atoms with van der Waals surface area (Å²) in [5, 5.41) is 14.7. The van der Waals surface area contributed by atoms with Gasteiger partial charge in [0.25, 0.3) is 0 Å². The van der Waals surface area contributed by atoms with Crippen LogP contribution in [0.1, 0.15) is 107 Å². The number of nitrogens with one attached hydrogen (secondary N) is 2. The average molecular weight is 597 g/mol. The van der Waals surface area contributed by atoms with Crippen LogP contribution < -0.4 is 29.5 Å². The van der Waals surface area contributed by atoms with E-state index in [1.165, 1.54) is 20.0 Å². The van der Waals surface area contributed by atoms with E-state index in [0.717, 1.165) is 64.6 Å². The summed E-state index contributed by atoms with van der Waals surface area (Å²) in [6.45, 7) is 13.3. The number of hydrogen-bond acceptors (Lipinski definition) is 8. The number of alkyl carbamates (subject to hydrolysis) is 2. The second-order valence-corrected chi connectivity index (χ2v) is 12.6. The number of carbonyl (C=O) groups excluding carboxylic acids is 3. The normalized spacial score (nSPS) is 23.8. The molecule has 1 saturated heterocycles. The van der Waals surface area contributed by atoms with E-state index in [2.05, 4.69) is 10.6 Å². The number of carbonyl (C=O) groups is 3. The zero-order valence-corrected chi connectivity index (χ0v) is 26.3. The monoisotopic (exact) mass is 596 g/mol. The van der Waals surface area contributed by atoms with Crippen molar-refractivity contribution in [2.45, 2.75) is 129 Å². The first kappa shape index (κ1) is 42.2. The van der Waals surface area contributed by atoms with E-state index in [4.69, 9.17) is 24.1 Å². The van der Waals surface area contributed by atoms with Crippen LogP contribution in [-0.4, -0.2) is 90.8 Å². The van der Waals surface area contributed by atoms with E-state index < -0.39 is 11.2 Å². The van der Waals surface area contributed by atoms with E-state index in [-0.39, 0.29) is 80.4 Å². The third kappa shape index (κ3) is 21.4. The van der Waals surface area contributed by atoms with E-state index in [1.807, 2.05) is 41.5 Å². The van der Waals surface area contributed by atoms with Gasteiger partial charge in [-0.1, -0.05) is 0 Å². The van der Waals surface area contributed by atoms with E-state index in [1.54, 1.807) is 0 Å². The molecule has 1 heterocycles. The molecular weight excluding hydrogens is 538 g/mol. The van der Waals surface area contributed by atoms with Crippen LogP contribution in [0.4, 0.5) is 9.59 Å². The molecule has 0 spiro atoms. The minimum absolute atomic E-state index is 0. The quantitative estimate of drug-likeness (QED) is 0.249. The minimum atomic E-state index is -0.479. The number of hydrogen-bond donors (Lipinski definition) is 3. The summed E-state index contributed by atoms with van der Waals surface area (Å²) in [5.41, 5.74) is -0.917. The van der Waals surface area contributed by atoms with Gasteiger partial charge >= 0.3 is 37.0 Å². The Kier molecular flexibility index (Phi) is 22.3. The van der Waals surface area contributed by atoms with Crippen LogP contribution in [0.25, 0.3) is 0 Å². The molecule has 236 valence electrons. The first-order valence-electron chi connectivity index (χ1n) is 14.5. The Morgan fingerprint density at radius 1 is 0.780 bits per heavy atom. The Morgan fingerprint density at radius 3 is 1.46 bits per heavy atom. The first-order valence-corrected chi connectivity index (χ1v) is 14.5.